The molecule has 0 saturated heterocycles. The van der Waals surface area contributed by atoms with Crippen LogP contribution in [0.5, 0.6) is 0 Å². The van der Waals surface area contributed by atoms with Crippen molar-refractivity contribution in [1.29, 1.82) is 0 Å². The summed E-state index contributed by atoms with van der Waals surface area (Å²) in [6.45, 7) is 2.22. The van der Waals surface area contributed by atoms with Crippen LogP contribution in [-0.4, -0.2) is 10.9 Å². The monoisotopic (exact) mass is 460 g/mol. The van der Waals surface area contributed by atoms with Crippen molar-refractivity contribution in [3.63, 3.8) is 0 Å². The van der Waals surface area contributed by atoms with E-state index < -0.39 is 5.91 Å². The normalized spacial score (nSPS) is 11.2. The maximum absolute atomic E-state index is 13.6. The molecule has 0 aliphatic carbocycles. The number of para-hydroxylation sites is 1. The van der Waals surface area contributed by atoms with Gasteiger partial charge in [0.15, 0.2) is 16.3 Å². The number of amides is 1. The van der Waals surface area contributed by atoms with Gasteiger partial charge in [-0.2, -0.15) is 0 Å². The summed E-state index contributed by atoms with van der Waals surface area (Å²) in [5, 5.41) is 1.50. The summed E-state index contributed by atoms with van der Waals surface area (Å²) in [5.41, 5.74) is 2.75. The van der Waals surface area contributed by atoms with Gasteiger partial charge in [-0.05, 0) is 36.2 Å². The number of nitrogens with zero attached hydrogens (tertiary/aromatic N) is 2. The van der Waals surface area contributed by atoms with Gasteiger partial charge < -0.3 is 4.42 Å². The number of halogens is 1. The Balaban J connectivity index is 1.65. The molecule has 0 radical (unpaired) electrons. The molecule has 0 fully saturated rings. The maximum Gasteiger partial charge on any atom is 0.296 e. The van der Waals surface area contributed by atoms with Crippen molar-refractivity contribution in [2.24, 2.45) is 0 Å². The van der Waals surface area contributed by atoms with E-state index in [0.717, 1.165) is 21.3 Å². The Labute approximate surface area is 192 Å². The highest BCUT2D eigenvalue weighted by molar-refractivity contribution is 7.23. The van der Waals surface area contributed by atoms with Gasteiger partial charge in [-0.15, -0.1) is 0 Å². The van der Waals surface area contributed by atoms with Gasteiger partial charge in [0.1, 0.15) is 5.58 Å². The van der Waals surface area contributed by atoms with Crippen molar-refractivity contribution in [1.82, 2.24) is 4.98 Å². The first-order valence-corrected chi connectivity index (χ1v) is 11.1. The molecule has 5 rings (SSSR count). The molecule has 0 aliphatic rings. The Morgan fingerprint density at radius 1 is 1.06 bits per heavy atom. The molecular formula is C25H17ClN2O3S. The molecule has 158 valence electrons. The molecule has 32 heavy (non-hydrogen) atoms. The quantitative estimate of drug-likeness (QED) is 0.320. The molecule has 5 nitrogen and oxygen atoms in total. The van der Waals surface area contributed by atoms with Crippen molar-refractivity contribution in [3.8, 4) is 0 Å². The lowest BCUT2D eigenvalue weighted by Crippen LogP contribution is -2.31. The summed E-state index contributed by atoms with van der Waals surface area (Å²) in [7, 11) is 0. The maximum atomic E-state index is 13.6. The van der Waals surface area contributed by atoms with Crippen LogP contribution in [0.4, 0.5) is 5.13 Å². The Hall–Kier alpha value is -3.48. The van der Waals surface area contributed by atoms with Crippen LogP contribution in [0, 0.1) is 6.92 Å². The first-order valence-electron chi connectivity index (χ1n) is 9.95. The van der Waals surface area contributed by atoms with Crippen molar-refractivity contribution in [2.75, 3.05) is 4.90 Å². The standard InChI is InChI=1S/C25H17ClN2O3S/c1-15-11-12-18(26)23-22(15)27-25(32-23)28(14-16-7-3-2-4-8-16)24(30)21-13-19(29)17-9-5-6-10-20(17)31-21/h2-13H,14H2,1H3. The molecule has 7 heteroatoms. The molecule has 0 saturated carbocycles. The lowest BCUT2D eigenvalue weighted by molar-refractivity contribution is 0.0959. The van der Waals surface area contributed by atoms with Crippen LogP contribution in [0.2, 0.25) is 5.02 Å². The van der Waals surface area contributed by atoms with Gasteiger partial charge in [-0.25, -0.2) is 4.98 Å². The number of benzene rings is 3. The fraction of sp³-hybridized carbons (Fsp3) is 0.0800. The van der Waals surface area contributed by atoms with E-state index in [1.165, 1.54) is 22.3 Å². The smallest absolute Gasteiger partial charge is 0.296 e. The SMILES string of the molecule is Cc1ccc(Cl)c2sc(N(Cc3ccccc3)C(=O)c3cc(=O)c4ccccc4o3)nc12. The number of carbonyl (C=O) groups is 1. The van der Waals surface area contributed by atoms with Crippen LogP contribution >= 0.6 is 22.9 Å². The summed E-state index contributed by atoms with van der Waals surface area (Å²) in [4.78, 5) is 32.5. The summed E-state index contributed by atoms with van der Waals surface area (Å²) < 4.78 is 6.64. The number of rotatable bonds is 4. The Kier molecular flexibility index (Phi) is 5.25. The third-order valence-electron chi connectivity index (χ3n) is 5.19. The minimum absolute atomic E-state index is 0.0355. The number of fused-ring (bicyclic) bond motifs is 2. The molecule has 0 N–H and O–H groups in total. The van der Waals surface area contributed by atoms with E-state index in [0.29, 0.717) is 21.1 Å². The topological polar surface area (TPSA) is 63.4 Å². The molecule has 0 bridgehead atoms. The van der Waals surface area contributed by atoms with E-state index in [2.05, 4.69) is 0 Å². The summed E-state index contributed by atoms with van der Waals surface area (Å²) >= 11 is 7.74. The summed E-state index contributed by atoms with van der Waals surface area (Å²) in [6, 6.07) is 21.5. The number of hydrogen-bond acceptors (Lipinski definition) is 5. The predicted octanol–water partition coefficient (Wildman–Crippen LogP) is 6.21. The fourth-order valence-electron chi connectivity index (χ4n) is 3.54. The first-order chi connectivity index (χ1) is 15.5. The van der Waals surface area contributed by atoms with Crippen LogP contribution in [-0.2, 0) is 6.54 Å². The molecule has 3 aromatic carbocycles. The van der Waals surface area contributed by atoms with Gasteiger partial charge in [0.05, 0.1) is 27.2 Å². The van der Waals surface area contributed by atoms with Crippen molar-refractivity contribution < 1.29 is 9.21 Å². The second-order valence-corrected chi connectivity index (χ2v) is 8.77. The Bertz CT molecular complexity index is 1490. The third kappa shape index (κ3) is 3.68. The van der Waals surface area contributed by atoms with E-state index in [9.17, 15) is 9.59 Å². The largest absolute Gasteiger partial charge is 0.451 e. The third-order valence-corrected chi connectivity index (χ3v) is 6.73. The minimum Gasteiger partial charge on any atom is -0.451 e. The van der Waals surface area contributed by atoms with E-state index in [1.807, 2.05) is 49.4 Å². The summed E-state index contributed by atoms with van der Waals surface area (Å²) in [5.74, 6) is -0.476. The lowest BCUT2D eigenvalue weighted by atomic mass is 10.2. The van der Waals surface area contributed by atoms with E-state index in [4.69, 9.17) is 21.0 Å². The average molecular weight is 461 g/mol. The lowest BCUT2D eigenvalue weighted by Gasteiger charge is -2.19. The highest BCUT2D eigenvalue weighted by Crippen LogP contribution is 2.36. The number of hydrogen-bond donors (Lipinski definition) is 0. The van der Waals surface area contributed by atoms with Crippen LogP contribution in [0.1, 0.15) is 21.7 Å². The van der Waals surface area contributed by atoms with E-state index in [-0.39, 0.29) is 17.7 Å². The highest BCUT2D eigenvalue weighted by Gasteiger charge is 2.25. The number of thiazole rings is 1. The van der Waals surface area contributed by atoms with Gasteiger partial charge in [0, 0.05) is 6.07 Å². The molecule has 2 aromatic heterocycles. The molecule has 0 aliphatic heterocycles. The van der Waals surface area contributed by atoms with Crippen LogP contribution in [0.25, 0.3) is 21.2 Å². The van der Waals surface area contributed by atoms with Gasteiger partial charge in [0.25, 0.3) is 5.91 Å². The van der Waals surface area contributed by atoms with E-state index >= 15 is 0 Å². The molecule has 2 heterocycles. The highest BCUT2D eigenvalue weighted by atomic mass is 35.5. The number of anilines is 1. The Morgan fingerprint density at radius 3 is 2.59 bits per heavy atom. The fourth-order valence-corrected chi connectivity index (χ4v) is 4.86. The number of aromatic nitrogens is 1. The van der Waals surface area contributed by atoms with Crippen molar-refractivity contribution in [3.05, 3.63) is 105 Å². The predicted molar refractivity (Wildman–Crippen MR) is 129 cm³/mol. The van der Waals surface area contributed by atoms with Gasteiger partial charge >= 0.3 is 0 Å². The van der Waals surface area contributed by atoms with Gasteiger partial charge in [0.2, 0.25) is 0 Å². The van der Waals surface area contributed by atoms with Crippen LogP contribution in [0.15, 0.2) is 82.0 Å². The summed E-state index contributed by atoms with van der Waals surface area (Å²) in [6.07, 6.45) is 0. The molecule has 0 unspecified atom stereocenters. The molecule has 0 atom stereocenters. The van der Waals surface area contributed by atoms with Crippen molar-refractivity contribution >= 4 is 55.2 Å². The zero-order valence-electron chi connectivity index (χ0n) is 17.0. The number of carbonyl (C=O) groups excluding carboxylic acids is 1. The van der Waals surface area contributed by atoms with Gasteiger partial charge in [-0.3, -0.25) is 14.5 Å². The molecule has 0 spiro atoms. The second kappa shape index (κ2) is 8.22. The van der Waals surface area contributed by atoms with Crippen LogP contribution in [0.3, 0.4) is 0 Å². The minimum atomic E-state index is -0.440. The van der Waals surface area contributed by atoms with Crippen molar-refractivity contribution in [2.45, 2.75) is 13.5 Å². The first kappa shape index (κ1) is 20.4. The zero-order valence-corrected chi connectivity index (χ0v) is 18.6. The number of aryl methyl sites for hydroxylation is 1. The second-order valence-electron chi connectivity index (χ2n) is 7.39. The Morgan fingerprint density at radius 2 is 1.81 bits per heavy atom. The van der Waals surface area contributed by atoms with Crippen LogP contribution < -0.4 is 10.3 Å². The zero-order chi connectivity index (χ0) is 22.2. The molecule has 5 aromatic rings. The molecule has 1 amide bonds. The average Bonchev–Trinajstić information content (AvgIpc) is 3.27. The van der Waals surface area contributed by atoms with E-state index in [1.54, 1.807) is 24.3 Å². The molecular weight excluding hydrogens is 444 g/mol. The van der Waals surface area contributed by atoms with Gasteiger partial charge in [-0.1, -0.05) is 71.5 Å².